The van der Waals surface area contributed by atoms with E-state index in [2.05, 4.69) is 38.0 Å². The molecule has 2 heterocycles. The summed E-state index contributed by atoms with van der Waals surface area (Å²) in [5, 5.41) is 3.36. The standard InChI is InChI=1S/C14H23N3O/c1-9-10-6-7-15-8-11(10)17-13(16-9)12(18-5)14(2,3)4/h12,15H,6-8H2,1-5H3. The van der Waals surface area contributed by atoms with Crippen LogP contribution < -0.4 is 5.32 Å². The summed E-state index contributed by atoms with van der Waals surface area (Å²) >= 11 is 0. The van der Waals surface area contributed by atoms with Gasteiger partial charge in [-0.15, -0.1) is 0 Å². The van der Waals surface area contributed by atoms with E-state index in [0.29, 0.717) is 0 Å². The quantitative estimate of drug-likeness (QED) is 0.872. The van der Waals surface area contributed by atoms with Gasteiger partial charge in [-0.2, -0.15) is 0 Å². The molecule has 4 heteroatoms. The first-order chi connectivity index (χ1) is 8.43. The molecule has 1 aromatic heterocycles. The second-order valence-corrected chi connectivity index (χ2v) is 6.00. The first kappa shape index (κ1) is 13.4. The SMILES string of the molecule is COC(c1nc(C)c2c(n1)CNCC2)C(C)(C)C. The molecule has 0 aliphatic carbocycles. The van der Waals surface area contributed by atoms with Crippen molar-refractivity contribution in [1.82, 2.24) is 15.3 Å². The molecule has 1 aliphatic heterocycles. The van der Waals surface area contributed by atoms with Gasteiger partial charge in [-0.3, -0.25) is 0 Å². The Morgan fingerprint density at radius 3 is 2.61 bits per heavy atom. The number of methoxy groups -OCH3 is 1. The minimum atomic E-state index is -0.0663. The molecule has 4 nitrogen and oxygen atoms in total. The molecular formula is C14H23N3O. The molecule has 1 aliphatic rings. The van der Waals surface area contributed by atoms with E-state index in [1.807, 2.05) is 0 Å². The number of nitrogens with one attached hydrogen (secondary N) is 1. The van der Waals surface area contributed by atoms with E-state index in [9.17, 15) is 0 Å². The van der Waals surface area contributed by atoms with Crippen molar-refractivity contribution in [2.45, 2.75) is 46.8 Å². The lowest BCUT2D eigenvalue weighted by atomic mass is 9.88. The first-order valence-electron chi connectivity index (χ1n) is 6.53. The molecule has 1 atom stereocenters. The number of hydrogen-bond acceptors (Lipinski definition) is 4. The Labute approximate surface area is 109 Å². The van der Waals surface area contributed by atoms with Crippen molar-refractivity contribution in [2.75, 3.05) is 13.7 Å². The van der Waals surface area contributed by atoms with Gasteiger partial charge >= 0.3 is 0 Å². The van der Waals surface area contributed by atoms with Crippen LogP contribution in [0, 0.1) is 12.3 Å². The van der Waals surface area contributed by atoms with Crippen molar-refractivity contribution in [2.24, 2.45) is 5.41 Å². The maximum absolute atomic E-state index is 5.60. The molecule has 0 spiro atoms. The number of rotatable bonds is 2. The fourth-order valence-electron chi connectivity index (χ4n) is 2.53. The number of fused-ring (bicyclic) bond motifs is 1. The number of hydrogen-bond donors (Lipinski definition) is 1. The van der Waals surface area contributed by atoms with Crippen LogP contribution in [0.5, 0.6) is 0 Å². The summed E-state index contributed by atoms with van der Waals surface area (Å²) in [7, 11) is 1.73. The van der Waals surface area contributed by atoms with E-state index in [1.165, 1.54) is 5.56 Å². The second-order valence-electron chi connectivity index (χ2n) is 6.00. The van der Waals surface area contributed by atoms with Gasteiger partial charge in [-0.1, -0.05) is 20.8 Å². The maximum atomic E-state index is 5.60. The second kappa shape index (κ2) is 4.94. The highest BCUT2D eigenvalue weighted by Gasteiger charge is 2.30. The van der Waals surface area contributed by atoms with E-state index >= 15 is 0 Å². The van der Waals surface area contributed by atoms with Gasteiger partial charge in [0.2, 0.25) is 0 Å². The van der Waals surface area contributed by atoms with E-state index in [4.69, 9.17) is 9.72 Å². The molecule has 0 radical (unpaired) electrons. The predicted octanol–water partition coefficient (Wildman–Crippen LogP) is 2.16. The molecule has 0 saturated carbocycles. The Hall–Kier alpha value is -1.00. The summed E-state index contributed by atoms with van der Waals surface area (Å²) in [6.45, 7) is 10.4. The highest BCUT2D eigenvalue weighted by atomic mass is 16.5. The van der Waals surface area contributed by atoms with Crippen LogP contribution in [-0.2, 0) is 17.7 Å². The van der Waals surface area contributed by atoms with Crippen LogP contribution in [0.25, 0.3) is 0 Å². The van der Waals surface area contributed by atoms with Crippen LogP contribution in [0.15, 0.2) is 0 Å². The molecule has 0 bridgehead atoms. The fourth-order valence-corrected chi connectivity index (χ4v) is 2.53. The van der Waals surface area contributed by atoms with Gasteiger partial charge < -0.3 is 10.1 Å². The third-order valence-corrected chi connectivity index (χ3v) is 3.42. The van der Waals surface area contributed by atoms with Crippen LogP contribution >= 0.6 is 0 Å². The zero-order chi connectivity index (χ0) is 13.3. The highest BCUT2D eigenvalue weighted by molar-refractivity contribution is 5.28. The van der Waals surface area contributed by atoms with E-state index in [-0.39, 0.29) is 11.5 Å². The largest absolute Gasteiger partial charge is 0.373 e. The number of nitrogens with zero attached hydrogens (tertiary/aromatic N) is 2. The molecular weight excluding hydrogens is 226 g/mol. The van der Waals surface area contributed by atoms with Crippen molar-refractivity contribution in [1.29, 1.82) is 0 Å². The van der Waals surface area contributed by atoms with Crippen molar-refractivity contribution in [3.05, 3.63) is 22.8 Å². The fraction of sp³-hybridized carbons (Fsp3) is 0.714. The minimum Gasteiger partial charge on any atom is -0.373 e. The van der Waals surface area contributed by atoms with Gasteiger partial charge in [0.25, 0.3) is 0 Å². The Morgan fingerprint density at radius 2 is 2.00 bits per heavy atom. The molecule has 18 heavy (non-hydrogen) atoms. The molecule has 1 unspecified atom stereocenters. The van der Waals surface area contributed by atoms with E-state index in [0.717, 1.165) is 36.7 Å². The zero-order valence-corrected chi connectivity index (χ0v) is 12.0. The van der Waals surface area contributed by atoms with Gasteiger partial charge in [0.05, 0.1) is 5.69 Å². The Kier molecular flexibility index (Phi) is 3.69. The van der Waals surface area contributed by atoms with E-state index < -0.39 is 0 Å². The molecule has 1 aromatic rings. The summed E-state index contributed by atoms with van der Waals surface area (Å²) in [6.07, 6.45) is 0.956. The zero-order valence-electron chi connectivity index (χ0n) is 12.0. The van der Waals surface area contributed by atoms with Crippen molar-refractivity contribution < 1.29 is 4.74 Å². The van der Waals surface area contributed by atoms with Crippen LogP contribution in [0.3, 0.4) is 0 Å². The van der Waals surface area contributed by atoms with Crippen molar-refractivity contribution in [3.8, 4) is 0 Å². The topological polar surface area (TPSA) is 47.0 Å². The lowest BCUT2D eigenvalue weighted by molar-refractivity contribution is 0.00831. The van der Waals surface area contributed by atoms with Gasteiger partial charge in [0, 0.05) is 19.3 Å². The van der Waals surface area contributed by atoms with Crippen LogP contribution in [0.2, 0.25) is 0 Å². The molecule has 0 aromatic carbocycles. The summed E-state index contributed by atoms with van der Waals surface area (Å²) in [4.78, 5) is 9.37. The van der Waals surface area contributed by atoms with Crippen LogP contribution in [-0.4, -0.2) is 23.6 Å². The lowest BCUT2D eigenvalue weighted by Gasteiger charge is -2.29. The Morgan fingerprint density at radius 1 is 1.28 bits per heavy atom. The summed E-state index contributed by atoms with van der Waals surface area (Å²) < 4.78 is 5.60. The molecule has 0 fully saturated rings. The number of aromatic nitrogens is 2. The molecule has 1 N–H and O–H groups in total. The highest BCUT2D eigenvalue weighted by Crippen LogP contribution is 2.34. The smallest absolute Gasteiger partial charge is 0.158 e. The normalized spacial score (nSPS) is 17.4. The van der Waals surface area contributed by atoms with Crippen molar-refractivity contribution >= 4 is 0 Å². The van der Waals surface area contributed by atoms with Gasteiger partial charge in [-0.25, -0.2) is 9.97 Å². The summed E-state index contributed by atoms with van der Waals surface area (Å²) in [5.74, 6) is 0.810. The molecule has 2 rings (SSSR count). The van der Waals surface area contributed by atoms with Crippen molar-refractivity contribution in [3.63, 3.8) is 0 Å². The number of ether oxygens (including phenoxy) is 1. The summed E-state index contributed by atoms with van der Waals surface area (Å²) in [5.41, 5.74) is 3.54. The average molecular weight is 249 g/mol. The lowest BCUT2D eigenvalue weighted by Crippen LogP contribution is -2.29. The average Bonchev–Trinajstić information content (AvgIpc) is 2.28. The van der Waals surface area contributed by atoms with E-state index in [1.54, 1.807) is 7.11 Å². The predicted molar refractivity (Wildman–Crippen MR) is 71.4 cm³/mol. The summed E-state index contributed by atoms with van der Waals surface area (Å²) in [6, 6.07) is 0. The first-order valence-corrected chi connectivity index (χ1v) is 6.53. The van der Waals surface area contributed by atoms with Gasteiger partial charge in [-0.05, 0) is 30.9 Å². The van der Waals surface area contributed by atoms with Crippen LogP contribution in [0.4, 0.5) is 0 Å². The van der Waals surface area contributed by atoms with Crippen LogP contribution in [0.1, 0.15) is 49.7 Å². The molecule has 0 amide bonds. The Balaban J connectivity index is 2.43. The maximum Gasteiger partial charge on any atom is 0.158 e. The van der Waals surface area contributed by atoms with Gasteiger partial charge in [0.15, 0.2) is 5.82 Å². The third-order valence-electron chi connectivity index (χ3n) is 3.42. The minimum absolute atomic E-state index is 0.00246. The van der Waals surface area contributed by atoms with Gasteiger partial charge in [0.1, 0.15) is 6.10 Å². The molecule has 0 saturated heterocycles. The monoisotopic (exact) mass is 249 g/mol. The Bertz CT molecular complexity index is 437. The number of aryl methyl sites for hydroxylation is 1. The third kappa shape index (κ3) is 2.54. The molecule has 100 valence electrons.